The highest BCUT2D eigenvalue weighted by atomic mass is 32.1. The molecule has 134 valence electrons. The van der Waals surface area contributed by atoms with Crippen molar-refractivity contribution < 1.29 is 27.5 Å². The third kappa shape index (κ3) is 5.79. The van der Waals surface area contributed by atoms with E-state index < -0.39 is 12.3 Å². The van der Waals surface area contributed by atoms with Gasteiger partial charge in [-0.2, -0.15) is 0 Å². The van der Waals surface area contributed by atoms with Crippen molar-refractivity contribution in [2.24, 2.45) is 0 Å². The topological polar surface area (TPSA) is 58.6 Å². The first-order valence-electron chi connectivity index (χ1n) is 7.11. The molecule has 0 bridgehead atoms. The summed E-state index contributed by atoms with van der Waals surface area (Å²) in [4.78, 5) is 26.9. The Labute approximate surface area is 146 Å². The van der Waals surface area contributed by atoms with E-state index in [9.17, 15) is 22.8 Å². The van der Waals surface area contributed by atoms with E-state index in [4.69, 9.17) is 0 Å². The highest BCUT2D eigenvalue weighted by Gasteiger charge is 2.31. The summed E-state index contributed by atoms with van der Waals surface area (Å²) in [7, 11) is 1.50. The molecular weight excluding hydrogens is 357 g/mol. The van der Waals surface area contributed by atoms with Crippen molar-refractivity contribution in [3.8, 4) is 5.75 Å². The molecule has 1 aromatic carbocycles. The van der Waals surface area contributed by atoms with Crippen LogP contribution in [0.1, 0.15) is 14.5 Å². The molecule has 1 aromatic heterocycles. The molecule has 0 unspecified atom stereocenters. The van der Waals surface area contributed by atoms with Gasteiger partial charge in [0.25, 0.3) is 5.91 Å². The second-order valence-corrected chi connectivity index (χ2v) is 6.48. The predicted octanol–water partition coefficient (Wildman–Crippen LogP) is 3.67. The minimum absolute atomic E-state index is 0.184. The summed E-state index contributed by atoms with van der Waals surface area (Å²) in [5.74, 6) is -1.12. The number of nitrogens with one attached hydrogen (secondary N) is 1. The number of carbonyl (C=O) groups is 2. The van der Waals surface area contributed by atoms with E-state index >= 15 is 0 Å². The monoisotopic (exact) mass is 372 g/mol. The number of rotatable bonds is 5. The van der Waals surface area contributed by atoms with Crippen molar-refractivity contribution in [1.82, 2.24) is 4.90 Å². The summed E-state index contributed by atoms with van der Waals surface area (Å²) >= 11 is 1.33. The Balaban J connectivity index is 1.90. The van der Waals surface area contributed by atoms with Crippen LogP contribution in [-0.4, -0.2) is 36.7 Å². The van der Waals surface area contributed by atoms with Crippen LogP contribution in [0.4, 0.5) is 18.9 Å². The normalized spacial score (nSPS) is 11.1. The molecule has 0 spiro atoms. The van der Waals surface area contributed by atoms with Crippen LogP contribution in [0.3, 0.4) is 0 Å². The van der Waals surface area contributed by atoms with Crippen LogP contribution in [-0.2, 0) is 4.79 Å². The van der Waals surface area contributed by atoms with Gasteiger partial charge in [-0.15, -0.1) is 24.5 Å². The molecule has 0 aliphatic heterocycles. The number of hydrogen-bond acceptors (Lipinski definition) is 4. The molecule has 1 N–H and O–H groups in total. The van der Waals surface area contributed by atoms with Gasteiger partial charge >= 0.3 is 6.36 Å². The summed E-state index contributed by atoms with van der Waals surface area (Å²) in [5.41, 5.74) is 0.298. The lowest BCUT2D eigenvalue weighted by atomic mass is 10.3. The Hall–Kier alpha value is -2.55. The fourth-order valence-electron chi connectivity index (χ4n) is 1.97. The van der Waals surface area contributed by atoms with E-state index in [-0.39, 0.29) is 18.2 Å². The quantitative estimate of drug-likeness (QED) is 0.871. The summed E-state index contributed by atoms with van der Waals surface area (Å²) in [5, 5.41) is 2.51. The molecule has 2 rings (SSSR count). The minimum atomic E-state index is -4.77. The lowest BCUT2D eigenvalue weighted by molar-refractivity contribution is -0.274. The minimum Gasteiger partial charge on any atom is -0.406 e. The van der Waals surface area contributed by atoms with Crippen LogP contribution in [0, 0.1) is 6.92 Å². The number of halogens is 3. The Bertz CT molecular complexity index is 757. The zero-order valence-corrected chi connectivity index (χ0v) is 14.2. The van der Waals surface area contributed by atoms with Gasteiger partial charge in [0.2, 0.25) is 5.91 Å². The predicted molar refractivity (Wildman–Crippen MR) is 87.8 cm³/mol. The first-order chi connectivity index (χ1) is 11.6. The molecule has 2 aromatic rings. The maximum atomic E-state index is 12.2. The summed E-state index contributed by atoms with van der Waals surface area (Å²) in [6.45, 7) is 1.69. The smallest absolute Gasteiger partial charge is 0.406 e. The van der Waals surface area contributed by atoms with E-state index in [1.165, 1.54) is 35.4 Å². The SMILES string of the molecule is Cc1ccc(C(=O)N(C)CC(=O)Nc2ccc(OC(F)(F)F)cc2)s1. The molecule has 1 heterocycles. The van der Waals surface area contributed by atoms with E-state index in [0.717, 1.165) is 17.0 Å². The molecule has 0 aliphatic rings. The molecule has 0 radical (unpaired) electrons. The van der Waals surface area contributed by atoms with E-state index in [1.54, 1.807) is 6.07 Å². The van der Waals surface area contributed by atoms with Gasteiger partial charge in [-0.3, -0.25) is 9.59 Å². The van der Waals surface area contributed by atoms with Crippen LogP contribution in [0.25, 0.3) is 0 Å². The van der Waals surface area contributed by atoms with Gasteiger partial charge in [0.1, 0.15) is 5.75 Å². The fraction of sp³-hybridized carbons (Fsp3) is 0.250. The average Bonchev–Trinajstić information content (AvgIpc) is 2.93. The van der Waals surface area contributed by atoms with Crippen molar-refractivity contribution in [1.29, 1.82) is 0 Å². The third-order valence-corrected chi connectivity index (χ3v) is 4.04. The highest BCUT2D eigenvalue weighted by molar-refractivity contribution is 7.13. The second-order valence-electron chi connectivity index (χ2n) is 5.19. The van der Waals surface area contributed by atoms with Crippen LogP contribution < -0.4 is 10.1 Å². The van der Waals surface area contributed by atoms with Crippen molar-refractivity contribution in [3.05, 3.63) is 46.2 Å². The Morgan fingerprint density at radius 2 is 1.80 bits per heavy atom. The molecule has 9 heteroatoms. The van der Waals surface area contributed by atoms with Gasteiger partial charge in [0.05, 0.1) is 11.4 Å². The standard InChI is InChI=1S/C16H15F3N2O3S/c1-10-3-8-13(25-10)15(23)21(2)9-14(22)20-11-4-6-12(7-5-11)24-16(17,18)19/h3-8H,9H2,1-2H3,(H,20,22). The molecule has 0 atom stereocenters. The molecule has 0 saturated heterocycles. The van der Waals surface area contributed by atoms with Gasteiger partial charge in [0, 0.05) is 17.6 Å². The number of benzene rings is 1. The van der Waals surface area contributed by atoms with Crippen molar-refractivity contribution in [2.45, 2.75) is 13.3 Å². The molecule has 0 aliphatic carbocycles. The van der Waals surface area contributed by atoms with Gasteiger partial charge in [-0.05, 0) is 43.3 Å². The van der Waals surface area contributed by atoms with Gasteiger partial charge < -0.3 is 15.0 Å². The number of aryl methyl sites for hydroxylation is 1. The van der Waals surface area contributed by atoms with E-state index in [0.29, 0.717) is 10.6 Å². The maximum absolute atomic E-state index is 12.2. The zero-order valence-electron chi connectivity index (χ0n) is 13.4. The molecule has 0 fully saturated rings. The Morgan fingerprint density at radius 1 is 1.16 bits per heavy atom. The second kappa shape index (κ2) is 7.56. The lowest BCUT2D eigenvalue weighted by Gasteiger charge is -2.16. The van der Waals surface area contributed by atoms with Crippen LogP contribution >= 0.6 is 11.3 Å². The number of likely N-dealkylation sites (N-methyl/N-ethyl adjacent to an activating group) is 1. The number of thiophene rings is 1. The molecule has 25 heavy (non-hydrogen) atoms. The fourth-order valence-corrected chi connectivity index (χ4v) is 2.83. The summed E-state index contributed by atoms with van der Waals surface area (Å²) < 4.78 is 40.0. The zero-order chi connectivity index (χ0) is 18.6. The number of carbonyl (C=O) groups excluding carboxylic acids is 2. The molecule has 5 nitrogen and oxygen atoms in total. The molecular formula is C16H15F3N2O3S. The Kier molecular flexibility index (Phi) is 5.68. The Morgan fingerprint density at radius 3 is 2.32 bits per heavy atom. The van der Waals surface area contributed by atoms with E-state index in [1.807, 2.05) is 13.0 Å². The lowest BCUT2D eigenvalue weighted by Crippen LogP contribution is -2.34. The van der Waals surface area contributed by atoms with Crippen molar-refractivity contribution in [2.75, 3.05) is 18.9 Å². The largest absolute Gasteiger partial charge is 0.573 e. The number of anilines is 1. The number of alkyl halides is 3. The van der Waals surface area contributed by atoms with Crippen molar-refractivity contribution >= 4 is 28.8 Å². The van der Waals surface area contributed by atoms with E-state index in [2.05, 4.69) is 10.1 Å². The number of nitrogens with zero attached hydrogens (tertiary/aromatic N) is 1. The van der Waals surface area contributed by atoms with Crippen LogP contribution in [0.15, 0.2) is 36.4 Å². The highest BCUT2D eigenvalue weighted by Crippen LogP contribution is 2.24. The van der Waals surface area contributed by atoms with Gasteiger partial charge in [0.15, 0.2) is 0 Å². The number of hydrogen-bond donors (Lipinski definition) is 1. The first kappa shape index (κ1) is 18.8. The first-order valence-corrected chi connectivity index (χ1v) is 7.93. The van der Waals surface area contributed by atoms with Crippen LogP contribution in [0.5, 0.6) is 5.75 Å². The maximum Gasteiger partial charge on any atom is 0.573 e. The van der Waals surface area contributed by atoms with Gasteiger partial charge in [-0.25, -0.2) is 0 Å². The number of ether oxygens (including phenoxy) is 1. The summed E-state index contributed by atoms with van der Waals surface area (Å²) in [6.07, 6.45) is -4.77. The number of amides is 2. The molecule has 0 saturated carbocycles. The van der Waals surface area contributed by atoms with Crippen molar-refractivity contribution in [3.63, 3.8) is 0 Å². The third-order valence-electron chi connectivity index (χ3n) is 3.05. The van der Waals surface area contributed by atoms with Gasteiger partial charge in [-0.1, -0.05) is 0 Å². The molecule has 2 amide bonds. The summed E-state index contributed by atoms with van der Waals surface area (Å²) in [6, 6.07) is 8.25. The van der Waals surface area contributed by atoms with Crippen LogP contribution in [0.2, 0.25) is 0 Å². The average molecular weight is 372 g/mol.